The first kappa shape index (κ1) is 27.0. The van der Waals surface area contributed by atoms with Crippen LogP contribution in [0, 0.1) is 0 Å². The first-order valence-electron chi connectivity index (χ1n) is 13.5. The monoisotopic (exact) mass is 535 g/mol. The van der Waals surface area contributed by atoms with Crippen molar-refractivity contribution >= 4 is 11.9 Å². The molecule has 204 valence electrons. The quantitative estimate of drug-likeness (QED) is 0.0706. The summed E-state index contributed by atoms with van der Waals surface area (Å²) in [6, 6.07) is 34.7. The van der Waals surface area contributed by atoms with Gasteiger partial charge in [-0.2, -0.15) is 0 Å². The van der Waals surface area contributed by atoms with Crippen molar-refractivity contribution in [2.45, 2.75) is 44.3 Å². The average molecular weight is 536 g/mol. The van der Waals surface area contributed by atoms with Crippen LogP contribution in [0.2, 0.25) is 0 Å². The van der Waals surface area contributed by atoms with Gasteiger partial charge in [0, 0.05) is 5.56 Å². The van der Waals surface area contributed by atoms with E-state index in [0.29, 0.717) is 30.6 Å². The van der Waals surface area contributed by atoms with Crippen molar-refractivity contribution in [1.29, 1.82) is 0 Å². The Kier molecular flexibility index (Phi) is 8.76. The van der Waals surface area contributed by atoms with Crippen molar-refractivity contribution in [3.8, 4) is 11.5 Å². The third-order valence-electron chi connectivity index (χ3n) is 7.24. The van der Waals surface area contributed by atoms with Gasteiger partial charge in [0.1, 0.15) is 24.7 Å². The lowest BCUT2D eigenvalue weighted by atomic mass is 9.78. The fourth-order valence-electron chi connectivity index (χ4n) is 5.00. The van der Waals surface area contributed by atoms with E-state index in [4.69, 9.17) is 19.0 Å². The SMILES string of the molecule is COc1ccc(OC(=O)C2(c3ccc(C(=NOCc4ccccc4)OCc4ccccc4)cc3)CCCC2)cc1. The van der Waals surface area contributed by atoms with E-state index < -0.39 is 5.41 Å². The van der Waals surface area contributed by atoms with E-state index in [1.807, 2.05) is 84.9 Å². The molecule has 0 aromatic heterocycles. The summed E-state index contributed by atoms with van der Waals surface area (Å²) in [5.41, 5.74) is 3.05. The number of methoxy groups -OCH3 is 1. The minimum atomic E-state index is -0.690. The van der Waals surface area contributed by atoms with E-state index in [9.17, 15) is 4.79 Å². The molecule has 1 fully saturated rings. The van der Waals surface area contributed by atoms with Crippen LogP contribution in [-0.2, 0) is 33.0 Å². The van der Waals surface area contributed by atoms with Crippen molar-refractivity contribution < 1.29 is 23.8 Å². The van der Waals surface area contributed by atoms with Gasteiger partial charge in [0.15, 0.2) is 0 Å². The maximum Gasteiger partial charge on any atom is 0.321 e. The van der Waals surface area contributed by atoms with Crippen molar-refractivity contribution in [1.82, 2.24) is 0 Å². The minimum absolute atomic E-state index is 0.233. The number of carbonyl (C=O) groups excluding carboxylic acids is 1. The number of esters is 1. The molecule has 4 aromatic rings. The number of benzene rings is 4. The van der Waals surface area contributed by atoms with Crippen LogP contribution in [0.4, 0.5) is 0 Å². The van der Waals surface area contributed by atoms with E-state index in [2.05, 4.69) is 5.16 Å². The molecule has 6 heteroatoms. The van der Waals surface area contributed by atoms with Gasteiger partial charge in [-0.3, -0.25) is 4.79 Å². The molecule has 0 radical (unpaired) electrons. The molecule has 0 bridgehead atoms. The lowest BCUT2D eigenvalue weighted by molar-refractivity contribution is -0.140. The number of hydrogen-bond donors (Lipinski definition) is 0. The zero-order chi connectivity index (χ0) is 27.6. The van der Waals surface area contributed by atoms with Crippen LogP contribution in [0.15, 0.2) is 114 Å². The van der Waals surface area contributed by atoms with Crippen molar-refractivity contribution in [2.75, 3.05) is 7.11 Å². The van der Waals surface area contributed by atoms with E-state index in [0.717, 1.165) is 47.9 Å². The highest BCUT2D eigenvalue weighted by molar-refractivity contribution is 5.94. The zero-order valence-electron chi connectivity index (χ0n) is 22.6. The first-order valence-corrected chi connectivity index (χ1v) is 13.5. The second kappa shape index (κ2) is 13.0. The molecule has 1 saturated carbocycles. The molecule has 4 aromatic carbocycles. The van der Waals surface area contributed by atoms with E-state index in [1.165, 1.54) is 0 Å². The molecular formula is C34H33NO5. The Balaban J connectivity index is 1.35. The fraction of sp³-hybridized carbons (Fsp3) is 0.235. The molecule has 1 aliphatic rings. The third kappa shape index (κ3) is 6.52. The molecule has 0 spiro atoms. The van der Waals surface area contributed by atoms with E-state index in [1.54, 1.807) is 31.4 Å². The highest BCUT2D eigenvalue weighted by Crippen LogP contribution is 2.42. The molecule has 0 atom stereocenters. The average Bonchev–Trinajstić information content (AvgIpc) is 3.52. The number of oxime groups is 1. The Hall–Kier alpha value is -4.58. The van der Waals surface area contributed by atoms with Crippen LogP contribution >= 0.6 is 0 Å². The lowest BCUT2D eigenvalue weighted by Gasteiger charge is -2.27. The second-order valence-electron chi connectivity index (χ2n) is 9.86. The van der Waals surface area contributed by atoms with Crippen LogP contribution in [0.5, 0.6) is 11.5 Å². The van der Waals surface area contributed by atoms with Crippen LogP contribution < -0.4 is 9.47 Å². The molecule has 6 nitrogen and oxygen atoms in total. The first-order chi connectivity index (χ1) is 19.7. The van der Waals surface area contributed by atoms with Gasteiger partial charge in [0.25, 0.3) is 5.90 Å². The number of nitrogens with zero attached hydrogens (tertiary/aromatic N) is 1. The summed E-state index contributed by atoms with van der Waals surface area (Å²) in [5.74, 6) is 1.37. The number of hydrogen-bond acceptors (Lipinski definition) is 6. The molecular weight excluding hydrogens is 502 g/mol. The standard InChI is InChI=1S/C34H33NO5/c1-37-30-18-20-31(21-19-30)40-33(36)34(22-8-9-23-34)29-16-14-28(15-17-29)32(38-24-26-10-4-2-5-11-26)35-39-25-27-12-6-3-7-13-27/h2-7,10-21H,8-9,22-25H2,1H3. The van der Waals surface area contributed by atoms with Gasteiger partial charge in [-0.25, -0.2) is 0 Å². The molecule has 5 rings (SSSR count). The van der Waals surface area contributed by atoms with Gasteiger partial charge >= 0.3 is 5.97 Å². The Bertz CT molecular complexity index is 1390. The molecule has 0 aliphatic heterocycles. The normalized spacial score (nSPS) is 14.4. The highest BCUT2D eigenvalue weighted by Gasteiger charge is 2.44. The van der Waals surface area contributed by atoms with E-state index in [-0.39, 0.29) is 5.97 Å². The van der Waals surface area contributed by atoms with E-state index >= 15 is 0 Å². The minimum Gasteiger partial charge on any atom is -0.497 e. The maximum absolute atomic E-state index is 13.5. The Morgan fingerprint density at radius 3 is 1.90 bits per heavy atom. The predicted octanol–water partition coefficient (Wildman–Crippen LogP) is 7.21. The zero-order valence-corrected chi connectivity index (χ0v) is 22.6. The van der Waals surface area contributed by atoms with Gasteiger partial charge in [-0.15, -0.1) is 0 Å². The Morgan fingerprint density at radius 1 is 0.725 bits per heavy atom. The summed E-state index contributed by atoms with van der Waals surface area (Å²) in [5, 5.41) is 4.35. The lowest BCUT2D eigenvalue weighted by Crippen LogP contribution is -2.36. The maximum atomic E-state index is 13.5. The van der Waals surface area contributed by atoms with Crippen molar-refractivity contribution in [3.63, 3.8) is 0 Å². The predicted molar refractivity (Wildman–Crippen MR) is 154 cm³/mol. The summed E-state index contributed by atoms with van der Waals surface area (Å²) < 4.78 is 17.2. The summed E-state index contributed by atoms with van der Waals surface area (Å²) in [4.78, 5) is 19.2. The molecule has 0 N–H and O–H groups in total. The van der Waals surface area contributed by atoms with Gasteiger partial charge < -0.3 is 19.0 Å². The number of rotatable bonds is 10. The van der Waals surface area contributed by atoms with Crippen LogP contribution in [0.25, 0.3) is 0 Å². The second-order valence-corrected chi connectivity index (χ2v) is 9.86. The summed E-state index contributed by atoms with van der Waals surface area (Å²) in [7, 11) is 1.61. The summed E-state index contributed by atoms with van der Waals surface area (Å²) in [6.45, 7) is 0.686. The van der Waals surface area contributed by atoms with Gasteiger partial charge in [0.2, 0.25) is 0 Å². The number of ether oxygens (including phenoxy) is 3. The van der Waals surface area contributed by atoms with Crippen LogP contribution in [-0.4, -0.2) is 19.0 Å². The smallest absolute Gasteiger partial charge is 0.321 e. The number of carbonyl (C=O) groups is 1. The Morgan fingerprint density at radius 2 is 1.30 bits per heavy atom. The van der Waals surface area contributed by atoms with Gasteiger partial charge in [-0.1, -0.05) is 85.6 Å². The molecule has 0 unspecified atom stereocenters. The van der Waals surface area contributed by atoms with Crippen LogP contribution in [0.1, 0.15) is 47.9 Å². The van der Waals surface area contributed by atoms with Crippen LogP contribution in [0.3, 0.4) is 0 Å². The van der Waals surface area contributed by atoms with Crippen molar-refractivity contribution in [2.24, 2.45) is 5.16 Å². The Labute approximate surface area is 235 Å². The highest BCUT2D eigenvalue weighted by atomic mass is 16.6. The molecule has 0 amide bonds. The molecule has 0 saturated heterocycles. The summed E-state index contributed by atoms with van der Waals surface area (Å²) in [6.07, 6.45) is 3.43. The third-order valence-corrected chi connectivity index (χ3v) is 7.24. The molecule has 1 aliphatic carbocycles. The molecule has 40 heavy (non-hydrogen) atoms. The van der Waals surface area contributed by atoms with Gasteiger partial charge in [-0.05, 0) is 71.1 Å². The fourth-order valence-corrected chi connectivity index (χ4v) is 5.00. The largest absolute Gasteiger partial charge is 0.497 e. The topological polar surface area (TPSA) is 66.4 Å². The van der Waals surface area contributed by atoms with Gasteiger partial charge in [0.05, 0.1) is 12.5 Å². The summed E-state index contributed by atoms with van der Waals surface area (Å²) >= 11 is 0. The van der Waals surface area contributed by atoms with Crippen molar-refractivity contribution in [3.05, 3.63) is 131 Å². The molecule has 0 heterocycles.